The van der Waals surface area contributed by atoms with E-state index in [1.54, 1.807) is 19.1 Å². The third kappa shape index (κ3) is 4.52. The minimum atomic E-state index is -3.20. The van der Waals surface area contributed by atoms with Gasteiger partial charge in [-0.1, -0.05) is 31.6 Å². The van der Waals surface area contributed by atoms with Crippen molar-refractivity contribution in [3.05, 3.63) is 41.0 Å². The Morgan fingerprint density at radius 2 is 2.13 bits per heavy atom. The molecule has 1 aliphatic carbocycles. The number of carboxylic acids is 1. The van der Waals surface area contributed by atoms with E-state index in [0.29, 0.717) is 43.4 Å². The topological polar surface area (TPSA) is 87.0 Å². The molecule has 0 saturated heterocycles. The number of fused-ring (bicyclic) bond motifs is 2. The first kappa shape index (κ1) is 22.7. The van der Waals surface area contributed by atoms with Crippen LogP contribution in [0.5, 0.6) is 5.75 Å². The minimum Gasteiger partial charge on any atom is -0.489 e. The van der Waals surface area contributed by atoms with Crippen molar-refractivity contribution in [3.8, 4) is 5.75 Å². The lowest BCUT2D eigenvalue weighted by Gasteiger charge is -2.23. The van der Waals surface area contributed by atoms with Crippen molar-refractivity contribution in [2.24, 2.45) is 11.8 Å². The molecule has 0 radical (unpaired) electrons. The molecule has 0 bridgehead atoms. The van der Waals surface area contributed by atoms with Crippen LogP contribution in [0.15, 0.2) is 24.3 Å². The first-order chi connectivity index (χ1) is 14.2. The Bertz CT molecular complexity index is 807. The summed E-state index contributed by atoms with van der Waals surface area (Å²) in [6.07, 6.45) is 1.86. The summed E-state index contributed by atoms with van der Waals surface area (Å²) in [6.45, 7) is 3.53. The van der Waals surface area contributed by atoms with Crippen LogP contribution in [0.2, 0.25) is 0 Å². The van der Waals surface area contributed by atoms with Crippen LogP contribution in [0.4, 0.5) is 8.78 Å². The molecule has 1 aromatic rings. The van der Waals surface area contributed by atoms with Gasteiger partial charge >= 0.3 is 5.97 Å². The predicted octanol–water partition coefficient (Wildman–Crippen LogP) is 4.13. The number of unbranched alkanes of at least 4 members (excludes halogenated alkanes) is 1. The van der Waals surface area contributed by atoms with Crippen molar-refractivity contribution < 1.29 is 33.6 Å². The molecule has 1 aromatic carbocycles. The van der Waals surface area contributed by atoms with Crippen molar-refractivity contribution >= 4 is 5.97 Å². The van der Waals surface area contributed by atoms with Crippen molar-refractivity contribution in [3.63, 3.8) is 0 Å². The molecule has 30 heavy (non-hydrogen) atoms. The maximum Gasteiger partial charge on any atom is 0.336 e. The zero-order valence-electron chi connectivity index (χ0n) is 17.4. The second-order valence-corrected chi connectivity index (χ2v) is 8.47. The van der Waals surface area contributed by atoms with Crippen molar-refractivity contribution in [2.45, 2.75) is 76.6 Å². The summed E-state index contributed by atoms with van der Waals surface area (Å²) < 4.78 is 34.3. The lowest BCUT2D eigenvalue weighted by molar-refractivity contribution is -0.0931. The van der Waals surface area contributed by atoms with Gasteiger partial charge in [-0.2, -0.15) is 0 Å². The Hall–Kier alpha value is -1.99. The van der Waals surface area contributed by atoms with E-state index in [1.165, 1.54) is 6.08 Å². The molecule has 0 amide bonds. The number of aryl methyl sites for hydroxylation is 1. The zero-order valence-corrected chi connectivity index (χ0v) is 17.4. The molecule has 0 aromatic heterocycles. The summed E-state index contributed by atoms with van der Waals surface area (Å²) in [7, 11) is 0. The number of hydrogen-bond acceptors (Lipinski definition) is 4. The van der Waals surface area contributed by atoms with Gasteiger partial charge in [-0.15, -0.1) is 0 Å². The molecule has 1 heterocycles. The van der Waals surface area contributed by atoms with Crippen molar-refractivity contribution in [2.75, 3.05) is 0 Å². The number of benzene rings is 1. The third-order valence-electron chi connectivity index (χ3n) is 6.44. The molecule has 166 valence electrons. The van der Waals surface area contributed by atoms with E-state index in [2.05, 4.69) is 0 Å². The Kier molecular flexibility index (Phi) is 6.82. The van der Waals surface area contributed by atoms with E-state index < -0.39 is 30.0 Å². The number of carbonyl (C=O) groups is 1. The maximum absolute atomic E-state index is 14.1. The molecule has 1 fully saturated rings. The molecule has 1 saturated carbocycles. The van der Waals surface area contributed by atoms with Crippen LogP contribution in [0.1, 0.15) is 60.5 Å². The zero-order chi connectivity index (χ0) is 22.1. The number of aliphatic hydroxyl groups excluding tert-OH is 2. The minimum absolute atomic E-state index is 0.104. The van der Waals surface area contributed by atoms with Crippen molar-refractivity contribution in [1.29, 1.82) is 0 Å². The summed E-state index contributed by atoms with van der Waals surface area (Å²) in [5.74, 6) is -4.18. The Balaban J connectivity index is 1.77. The number of halogens is 2. The first-order valence-corrected chi connectivity index (χ1v) is 10.6. The number of alkyl halides is 2. The number of aliphatic hydroxyl groups is 2. The van der Waals surface area contributed by atoms with Crippen molar-refractivity contribution in [1.82, 2.24) is 0 Å². The second-order valence-electron chi connectivity index (χ2n) is 8.47. The SMILES string of the molecule is CCCCC(F)(F)C(O)/C=C/[C@@H]1[C@H]2CCc3ccc(C(=O)O)c(C)c3O[C@H]2C[C@H]1O. The summed E-state index contributed by atoms with van der Waals surface area (Å²) in [5, 5.41) is 29.9. The number of carboxylic acid groups (broad SMARTS) is 1. The normalized spacial score (nSPS) is 27.3. The Labute approximate surface area is 175 Å². The smallest absolute Gasteiger partial charge is 0.336 e. The van der Waals surface area contributed by atoms with Gasteiger partial charge in [0, 0.05) is 30.2 Å². The van der Waals surface area contributed by atoms with Crippen LogP contribution in [0.25, 0.3) is 0 Å². The van der Waals surface area contributed by atoms with E-state index in [9.17, 15) is 28.9 Å². The maximum atomic E-state index is 14.1. The van der Waals surface area contributed by atoms with E-state index in [4.69, 9.17) is 4.74 Å². The molecule has 5 nitrogen and oxygen atoms in total. The lowest BCUT2D eigenvalue weighted by atomic mass is 9.87. The highest BCUT2D eigenvalue weighted by molar-refractivity contribution is 5.90. The van der Waals surface area contributed by atoms with Gasteiger partial charge in [0.1, 0.15) is 18.0 Å². The van der Waals surface area contributed by atoms with Gasteiger partial charge in [-0.25, -0.2) is 13.6 Å². The number of aromatic carboxylic acids is 1. The molecule has 5 atom stereocenters. The predicted molar refractivity (Wildman–Crippen MR) is 108 cm³/mol. The average molecular weight is 424 g/mol. The fraction of sp³-hybridized carbons (Fsp3) is 0.609. The van der Waals surface area contributed by atoms with Gasteiger partial charge in [-0.3, -0.25) is 0 Å². The van der Waals surface area contributed by atoms with Gasteiger partial charge in [-0.05, 0) is 37.8 Å². The van der Waals surface area contributed by atoms with E-state index in [1.807, 2.05) is 6.92 Å². The fourth-order valence-corrected chi connectivity index (χ4v) is 4.64. The molecule has 1 aliphatic heterocycles. The van der Waals surface area contributed by atoms with Gasteiger partial charge in [0.2, 0.25) is 0 Å². The van der Waals surface area contributed by atoms with E-state index in [-0.39, 0.29) is 24.0 Å². The van der Waals surface area contributed by atoms with E-state index in [0.717, 1.165) is 11.6 Å². The second kappa shape index (κ2) is 9.02. The number of ether oxygens (including phenoxy) is 1. The largest absolute Gasteiger partial charge is 0.489 e. The standard InChI is InChI=1S/C23H30F2O5/c1-3-4-11-23(24,25)20(27)10-9-16-17-8-6-14-5-7-15(22(28)29)13(2)21(14)30-19(17)12-18(16)26/h5,7,9-10,16-20,26-27H,3-4,6,8,11-12H2,1-2H3,(H,28,29)/b10-9+/t16-,17-,18-,19+,20?/m1/s1. The number of rotatable bonds is 7. The van der Waals surface area contributed by atoms with Gasteiger partial charge < -0.3 is 20.1 Å². The van der Waals surface area contributed by atoms with Gasteiger partial charge in [0.15, 0.2) is 0 Å². The van der Waals surface area contributed by atoms with Crippen LogP contribution >= 0.6 is 0 Å². The molecular weight excluding hydrogens is 394 g/mol. The summed E-state index contributed by atoms with van der Waals surface area (Å²) in [4.78, 5) is 11.4. The van der Waals surface area contributed by atoms with Crippen LogP contribution in [0.3, 0.4) is 0 Å². The highest BCUT2D eigenvalue weighted by Crippen LogP contribution is 2.44. The average Bonchev–Trinajstić information content (AvgIpc) is 2.86. The van der Waals surface area contributed by atoms with Gasteiger partial charge in [0.05, 0.1) is 11.7 Å². The lowest BCUT2D eigenvalue weighted by Crippen LogP contribution is -2.32. The van der Waals surface area contributed by atoms with Gasteiger partial charge in [0.25, 0.3) is 5.92 Å². The molecular formula is C23H30F2O5. The quantitative estimate of drug-likeness (QED) is 0.573. The molecule has 0 spiro atoms. The monoisotopic (exact) mass is 424 g/mol. The fourth-order valence-electron chi connectivity index (χ4n) is 4.64. The highest BCUT2D eigenvalue weighted by Gasteiger charge is 2.45. The molecule has 3 N–H and O–H groups in total. The summed E-state index contributed by atoms with van der Waals surface area (Å²) in [5.41, 5.74) is 1.65. The molecule has 1 unspecified atom stereocenters. The number of hydrogen-bond donors (Lipinski definition) is 3. The van der Waals surface area contributed by atoms with Crippen LogP contribution in [0, 0.1) is 18.8 Å². The third-order valence-corrected chi connectivity index (χ3v) is 6.44. The molecule has 7 heteroatoms. The molecule has 3 rings (SSSR count). The Morgan fingerprint density at radius 1 is 1.40 bits per heavy atom. The van der Waals surface area contributed by atoms with E-state index >= 15 is 0 Å². The first-order valence-electron chi connectivity index (χ1n) is 10.6. The summed E-state index contributed by atoms with van der Waals surface area (Å²) >= 11 is 0. The highest BCUT2D eigenvalue weighted by atomic mass is 19.3. The van der Waals surface area contributed by atoms with Crippen LogP contribution < -0.4 is 4.74 Å². The van der Waals surface area contributed by atoms with Crippen LogP contribution in [-0.2, 0) is 6.42 Å². The molecule has 2 aliphatic rings. The van der Waals surface area contributed by atoms with Crippen LogP contribution in [-0.4, -0.2) is 45.5 Å². The summed E-state index contributed by atoms with van der Waals surface area (Å²) in [6, 6.07) is 3.33. The Morgan fingerprint density at radius 3 is 2.80 bits per heavy atom.